The van der Waals surface area contributed by atoms with Crippen LogP contribution in [0.25, 0.3) is 0 Å². The van der Waals surface area contributed by atoms with Crippen molar-refractivity contribution in [3.05, 3.63) is 12.2 Å². The summed E-state index contributed by atoms with van der Waals surface area (Å²) in [7, 11) is 0. The van der Waals surface area contributed by atoms with Crippen molar-refractivity contribution in [3.8, 4) is 0 Å². The van der Waals surface area contributed by atoms with Crippen LogP contribution in [0.15, 0.2) is 12.2 Å². The molecule has 9 fully saturated rings. The summed E-state index contributed by atoms with van der Waals surface area (Å²) < 4.78 is 105. The predicted molar refractivity (Wildman–Crippen MR) is 508 cm³/mol. The number of rotatable bonds is 66. The second-order valence-electron chi connectivity index (χ2n) is 40.5. The molecule has 9 aliphatic rings. The van der Waals surface area contributed by atoms with Crippen LogP contribution in [0.4, 0.5) is 0 Å². The van der Waals surface area contributed by atoms with Gasteiger partial charge in [-0.3, -0.25) is 9.59 Å². The fraction of sp³-hybridized carbons (Fsp3) is 0.959. The lowest BCUT2D eigenvalue weighted by Crippen LogP contribution is -2.69. The summed E-state index contributed by atoms with van der Waals surface area (Å²) >= 11 is 0. The van der Waals surface area contributed by atoms with Crippen LogP contribution < -0.4 is 10.6 Å². The van der Waals surface area contributed by atoms with Crippen LogP contribution >= 0.6 is 0 Å². The highest BCUT2D eigenvalue weighted by Gasteiger charge is 2.62. The van der Waals surface area contributed by atoms with E-state index >= 15 is 0 Å². The Hall–Kier alpha value is -3.16. The molecule has 0 saturated carbocycles. The average molecular weight is 2150 g/mol. The highest BCUT2D eigenvalue weighted by atomic mass is 16.8. The lowest BCUT2D eigenvalue weighted by atomic mass is 9.94. The third kappa shape index (κ3) is 36.2. The van der Waals surface area contributed by atoms with E-state index in [1.165, 1.54) is 148 Å². The number of nitrogens with one attached hydrogen (secondary N) is 2. The maximum absolute atomic E-state index is 13.6. The molecule has 9 rings (SSSR count). The molecule has 50 nitrogen and oxygen atoms in total. The van der Waals surface area contributed by atoms with Crippen molar-refractivity contribution in [1.29, 1.82) is 0 Å². The first-order valence-electron chi connectivity index (χ1n) is 53.5. The van der Waals surface area contributed by atoms with Crippen LogP contribution in [0, 0.1) is 0 Å². The van der Waals surface area contributed by atoms with E-state index in [0.29, 0.717) is 12.8 Å². The molecule has 0 aromatic carbocycles. The lowest BCUT2D eigenvalue weighted by molar-refractivity contribution is -0.402. The van der Waals surface area contributed by atoms with Crippen LogP contribution in [-0.2, 0) is 94.9 Å². The van der Waals surface area contributed by atoms with Gasteiger partial charge in [-0.2, -0.15) is 0 Å². The number of carbonyl (C=O) groups excluding carboxylic acids is 2. The first-order valence-corrected chi connectivity index (χ1v) is 53.5. The second kappa shape index (κ2) is 66.7. The Labute approximate surface area is 862 Å². The van der Waals surface area contributed by atoms with Crippen LogP contribution in [0.1, 0.15) is 239 Å². The number of amides is 2. The van der Waals surface area contributed by atoms with Gasteiger partial charge < -0.3 is 239 Å². The van der Waals surface area contributed by atoms with Crippen molar-refractivity contribution in [2.24, 2.45) is 0 Å². The van der Waals surface area contributed by atoms with Gasteiger partial charge in [-0.1, -0.05) is 219 Å². The molecule has 9 saturated heterocycles. The largest absolute Gasteiger partial charge is 0.394 e. The number of unbranched alkanes of at least 4 members (excludes halogenated alkanes) is 31. The van der Waals surface area contributed by atoms with Crippen LogP contribution in [0.2, 0.25) is 0 Å². The van der Waals surface area contributed by atoms with Gasteiger partial charge in [0.1, 0.15) is 220 Å². The number of carbonyl (C=O) groups is 2. The van der Waals surface area contributed by atoms with Crippen molar-refractivity contribution in [3.63, 3.8) is 0 Å². The Morgan fingerprint density at radius 2 is 0.493 bits per heavy atom. The fourth-order valence-corrected chi connectivity index (χ4v) is 20.2. The number of allylic oxidation sites excluding steroid dienone is 1. The Morgan fingerprint density at radius 1 is 0.264 bits per heavy atom. The first-order chi connectivity index (χ1) is 71.1. The maximum atomic E-state index is 13.6. The second-order valence-corrected chi connectivity index (χ2v) is 40.5. The number of aliphatic hydroxyl groups is 28. The molecule has 0 aromatic rings. The molecular formula is C98H176N2O48. The third-order valence-electron chi connectivity index (χ3n) is 29.2. The van der Waals surface area contributed by atoms with Crippen LogP contribution in [-0.4, -0.2) is 509 Å². The van der Waals surface area contributed by atoms with Crippen molar-refractivity contribution >= 4 is 11.8 Å². The standard InChI is InChI=1S/C98H176N2O48/c1-4-6-8-10-12-14-16-18-19-20-21-22-23-24-25-27-29-31-33-35-37-39-62(112)100-51(52(111)38-36-34-32-30-28-26-17-15-13-11-9-7-5-2)49-131-91-74(123)72(121)82(60(47-108)139-91)141-92-75(124)73(122)83(61(48-109)140-92)142-93-77(126)85(66(115)55(42-103)133-93)144-95-79(128)87(68(117)57(44-105)135-95)146-97-81(130)89(70(119)59(46-107)137-97)148-98-80(129)88(69(118)58(45-106)138-98)147-96-78(127)86(67(116)56(43-104)136-96)145-94-76(125)84(65(114)54(41-102)134-94)143-90-63(99-50(3)110)71(120)64(113)53(40-101)132-90/h36,38,51-61,63-98,101-109,111,113-130H,4-35,37,39-49H2,1-3H3,(H,99,110)(H,100,112)/b38-36+/t51-,52+,53?,54?,55?,56?,57?,58?,59?,60?,61?,63?,64-,65-,66-,67-,68-,69-,70-,71+,72+,73+,74?,75?,76?,77?,78?,79?,80?,81?,82+,83-,84-,85-,86-,87-,88-,89-,90-,91+,92-,93-,94+,95+,96+,97+,98+/m0/s1. The molecule has 18 unspecified atom stereocenters. The fourth-order valence-electron chi connectivity index (χ4n) is 20.2. The molecule has 0 bridgehead atoms. The molecule has 9 aliphatic heterocycles. The minimum atomic E-state index is -2.45. The molecule has 2 amide bonds. The smallest absolute Gasteiger partial charge is 0.220 e. The van der Waals surface area contributed by atoms with E-state index in [4.69, 9.17) is 85.3 Å². The van der Waals surface area contributed by atoms with E-state index in [1.807, 2.05) is 6.08 Å². The third-order valence-corrected chi connectivity index (χ3v) is 29.2. The normalized spacial score (nSPS) is 40.5. The van der Waals surface area contributed by atoms with Gasteiger partial charge in [-0.05, 0) is 19.3 Å². The van der Waals surface area contributed by atoms with Gasteiger partial charge in [-0.25, -0.2) is 0 Å². The van der Waals surface area contributed by atoms with Crippen molar-refractivity contribution in [2.45, 2.75) is 528 Å². The molecule has 0 aromatic heterocycles. The highest BCUT2D eigenvalue weighted by Crippen LogP contribution is 2.42. The van der Waals surface area contributed by atoms with Gasteiger partial charge in [0.25, 0.3) is 0 Å². The van der Waals surface area contributed by atoms with E-state index < -0.39 is 360 Å². The van der Waals surface area contributed by atoms with E-state index in [-0.39, 0.29) is 12.3 Å². The number of hydrogen-bond acceptors (Lipinski definition) is 48. The molecule has 866 valence electrons. The summed E-state index contributed by atoms with van der Waals surface area (Å²) in [6.45, 7) is -4.80. The zero-order valence-electron chi connectivity index (χ0n) is 85.1. The minimum absolute atomic E-state index is 0.155. The van der Waals surface area contributed by atoms with Crippen molar-refractivity contribution in [1.82, 2.24) is 10.6 Å². The van der Waals surface area contributed by atoms with Gasteiger partial charge >= 0.3 is 0 Å². The van der Waals surface area contributed by atoms with Crippen molar-refractivity contribution in [2.75, 3.05) is 66.1 Å². The molecule has 0 aliphatic carbocycles. The van der Waals surface area contributed by atoms with Gasteiger partial charge in [0, 0.05) is 13.3 Å². The molecule has 0 spiro atoms. The zero-order valence-corrected chi connectivity index (χ0v) is 85.1. The van der Waals surface area contributed by atoms with Gasteiger partial charge in [0.15, 0.2) is 56.6 Å². The summed E-state index contributed by atoms with van der Waals surface area (Å²) in [4.78, 5) is 25.8. The number of aliphatic hydroxyl groups excluding tert-OH is 28. The van der Waals surface area contributed by atoms with Crippen LogP contribution in [0.3, 0.4) is 0 Å². The van der Waals surface area contributed by atoms with Crippen molar-refractivity contribution < 1.29 is 238 Å². The van der Waals surface area contributed by atoms with E-state index in [0.717, 1.165) is 58.3 Å². The summed E-state index contributed by atoms with van der Waals surface area (Å²) in [6.07, 6.45) is -51.1. The summed E-state index contributed by atoms with van der Waals surface area (Å²) in [5, 5.41) is 321. The van der Waals surface area contributed by atoms with E-state index in [2.05, 4.69) is 24.5 Å². The molecule has 9 heterocycles. The minimum Gasteiger partial charge on any atom is -0.394 e. The SMILES string of the molecule is CCCCCCCCCCCCC/C=C/[C@@H](O)[C@H](CO[C@@H]1OC(CO)[C@@H](O[C@@H]2OC(CO)[C@H](O[C@@H]3OC(CO)[C@H](O)[C@H](O[C@H]4OC(CO)[C@H](O)[C@H](O[C@H]5OC(CO)[C@H](O)[C@H](O[C@H]6OC(CO)[C@H](O)[C@H](O[C@H]7OC(CO)[C@H](O)[C@H](O[C@H]8OC(CO)[C@H](O)[C@H](O[C@@H]9OC(CO)[C@H](O)[C@H](O)C9NC(C)=O)C8O)C7O)C6O)C5O)C4O)C3O)[C@H](O)C2O)[C@H](O)C1O)NC(=O)CCCCCCCCCCCCCCCCCCCCCCC. The topological polar surface area (TPSA) is 791 Å². The Balaban J connectivity index is 0.789. The summed E-state index contributed by atoms with van der Waals surface area (Å²) in [5.41, 5.74) is 0. The Kier molecular flexibility index (Phi) is 57.8. The lowest BCUT2D eigenvalue weighted by Gasteiger charge is -2.50. The first kappa shape index (κ1) is 128. The maximum Gasteiger partial charge on any atom is 0.220 e. The molecule has 50 heteroatoms. The van der Waals surface area contributed by atoms with E-state index in [9.17, 15) is 153 Å². The predicted octanol–water partition coefficient (Wildman–Crippen LogP) is -6.75. The number of hydrogen-bond donors (Lipinski definition) is 30. The average Bonchev–Trinajstić information content (AvgIpc) is 0.773. The molecule has 47 atom stereocenters. The summed E-state index contributed by atoms with van der Waals surface area (Å²) in [5.74, 6) is -1.16. The number of ether oxygens (including phenoxy) is 18. The van der Waals surface area contributed by atoms with Gasteiger partial charge in [0.05, 0.1) is 78.2 Å². The quantitative estimate of drug-likeness (QED) is 0.0199. The van der Waals surface area contributed by atoms with E-state index in [1.54, 1.807) is 6.08 Å². The molecular weight excluding hydrogens is 1970 g/mol. The van der Waals surface area contributed by atoms with Gasteiger partial charge in [-0.15, -0.1) is 0 Å². The zero-order chi connectivity index (χ0) is 108. The molecule has 30 N–H and O–H groups in total. The molecule has 148 heavy (non-hydrogen) atoms. The summed E-state index contributed by atoms with van der Waals surface area (Å²) in [6, 6.07) is -2.75. The Bertz CT molecular complexity index is 3590. The Morgan fingerprint density at radius 3 is 0.777 bits per heavy atom. The van der Waals surface area contributed by atoms with Gasteiger partial charge in [0.2, 0.25) is 11.8 Å². The van der Waals surface area contributed by atoms with Crippen LogP contribution in [0.5, 0.6) is 0 Å². The highest BCUT2D eigenvalue weighted by molar-refractivity contribution is 5.76. The monoisotopic (exact) mass is 2150 g/mol. The molecule has 0 radical (unpaired) electrons.